The van der Waals surface area contributed by atoms with Crippen LogP contribution in [0.2, 0.25) is 0 Å². The summed E-state index contributed by atoms with van der Waals surface area (Å²) in [4.78, 5) is 5.70. The van der Waals surface area contributed by atoms with Gasteiger partial charge in [-0.05, 0) is 41.9 Å². The maximum absolute atomic E-state index is 5.94. The van der Waals surface area contributed by atoms with Gasteiger partial charge in [-0.3, -0.25) is 0 Å². The van der Waals surface area contributed by atoms with Crippen molar-refractivity contribution in [2.75, 3.05) is 6.79 Å². The minimum Gasteiger partial charge on any atom is -0.454 e. The molecule has 4 nitrogen and oxygen atoms in total. The number of aromatic nitrogens is 1. The molecule has 2 N–H and O–H groups in total. The molecule has 6 heteroatoms. The van der Waals surface area contributed by atoms with Gasteiger partial charge in [-0.25, -0.2) is 4.98 Å². The number of rotatable bonds is 2. The van der Waals surface area contributed by atoms with E-state index in [9.17, 15) is 0 Å². The lowest BCUT2D eigenvalue weighted by molar-refractivity contribution is 0.173. The van der Waals surface area contributed by atoms with Gasteiger partial charge in [0.15, 0.2) is 11.5 Å². The zero-order chi connectivity index (χ0) is 13.6. The summed E-state index contributed by atoms with van der Waals surface area (Å²) in [6, 6.07) is 3.95. The Bertz CT molecular complexity index is 640. The van der Waals surface area contributed by atoms with Crippen molar-refractivity contribution < 1.29 is 9.47 Å². The molecule has 100 valence electrons. The van der Waals surface area contributed by atoms with Gasteiger partial charge in [-0.1, -0.05) is 0 Å². The highest BCUT2D eigenvalue weighted by Crippen LogP contribution is 2.43. The monoisotopic (exact) mass is 340 g/mol. The Morgan fingerprint density at radius 2 is 2.21 bits per heavy atom. The predicted molar refractivity (Wildman–Crippen MR) is 78.7 cm³/mol. The normalized spacial score (nSPS) is 14.7. The summed E-state index contributed by atoms with van der Waals surface area (Å²) >= 11 is 5.12. The second kappa shape index (κ2) is 4.77. The Balaban J connectivity index is 2.08. The quantitative estimate of drug-likeness (QED) is 0.906. The van der Waals surface area contributed by atoms with E-state index in [0.717, 1.165) is 37.1 Å². The number of benzene rings is 1. The lowest BCUT2D eigenvalue weighted by Crippen LogP contribution is -2.03. The van der Waals surface area contributed by atoms with Crippen molar-refractivity contribution in [3.63, 3.8) is 0 Å². The molecule has 0 aliphatic carbocycles. The van der Waals surface area contributed by atoms with Crippen molar-refractivity contribution in [3.8, 4) is 22.1 Å². The number of fused-ring (bicyclic) bond motifs is 1. The molecule has 1 aromatic carbocycles. The van der Waals surface area contributed by atoms with Gasteiger partial charge in [-0.2, -0.15) is 0 Å². The first-order chi connectivity index (χ1) is 9.06. The van der Waals surface area contributed by atoms with Gasteiger partial charge < -0.3 is 15.2 Å². The number of thiazole rings is 1. The molecule has 3 rings (SSSR count). The first kappa shape index (κ1) is 12.9. The molecule has 19 heavy (non-hydrogen) atoms. The van der Waals surface area contributed by atoms with Crippen molar-refractivity contribution in [1.82, 2.24) is 4.98 Å². The van der Waals surface area contributed by atoms with Crippen LogP contribution in [-0.2, 0) is 0 Å². The van der Waals surface area contributed by atoms with Gasteiger partial charge in [0.25, 0.3) is 0 Å². The number of halogens is 1. The summed E-state index contributed by atoms with van der Waals surface area (Å²) in [5.41, 5.74) is 7.94. The maximum atomic E-state index is 5.94. The molecule has 1 unspecified atom stereocenters. The average molecular weight is 341 g/mol. The molecule has 0 spiro atoms. The van der Waals surface area contributed by atoms with Crippen LogP contribution in [0.5, 0.6) is 11.5 Å². The van der Waals surface area contributed by atoms with E-state index in [4.69, 9.17) is 15.2 Å². The minimum absolute atomic E-state index is 0.00343. The van der Waals surface area contributed by atoms with E-state index in [0.29, 0.717) is 0 Å². The van der Waals surface area contributed by atoms with Gasteiger partial charge in [-0.15, -0.1) is 11.3 Å². The van der Waals surface area contributed by atoms with E-state index in [2.05, 4.69) is 20.9 Å². The highest BCUT2D eigenvalue weighted by Gasteiger charge is 2.20. The summed E-state index contributed by atoms with van der Waals surface area (Å²) in [5.74, 6) is 1.50. The number of ether oxygens (including phenoxy) is 2. The van der Waals surface area contributed by atoms with Crippen LogP contribution in [0.1, 0.15) is 23.5 Å². The third-order valence-electron chi connectivity index (χ3n) is 2.92. The molecule has 2 heterocycles. The molecule has 2 aromatic rings. The fourth-order valence-electron chi connectivity index (χ4n) is 2.05. The second-order valence-corrected chi connectivity index (χ2v) is 6.33. The molecule has 1 atom stereocenters. The van der Waals surface area contributed by atoms with Crippen LogP contribution in [-0.4, -0.2) is 11.8 Å². The van der Waals surface area contributed by atoms with Crippen molar-refractivity contribution in [2.24, 2.45) is 5.73 Å². The molecular weight excluding hydrogens is 328 g/mol. The van der Waals surface area contributed by atoms with Gasteiger partial charge in [0.05, 0.1) is 10.2 Å². The van der Waals surface area contributed by atoms with Crippen LogP contribution in [0.25, 0.3) is 10.6 Å². The average Bonchev–Trinajstić information content (AvgIpc) is 2.94. The molecular formula is C13H13BrN2O2S. The zero-order valence-electron chi connectivity index (χ0n) is 10.6. The zero-order valence-corrected chi connectivity index (χ0v) is 13.0. The van der Waals surface area contributed by atoms with E-state index in [-0.39, 0.29) is 12.8 Å². The van der Waals surface area contributed by atoms with Crippen LogP contribution in [0, 0.1) is 6.92 Å². The van der Waals surface area contributed by atoms with Crippen molar-refractivity contribution in [1.29, 1.82) is 0 Å². The highest BCUT2D eigenvalue weighted by atomic mass is 79.9. The van der Waals surface area contributed by atoms with Crippen LogP contribution in [0.4, 0.5) is 0 Å². The van der Waals surface area contributed by atoms with E-state index >= 15 is 0 Å². The van der Waals surface area contributed by atoms with E-state index in [1.54, 1.807) is 11.3 Å². The first-order valence-electron chi connectivity index (χ1n) is 5.88. The molecule has 0 amide bonds. The molecule has 1 aliphatic heterocycles. The first-order valence-corrected chi connectivity index (χ1v) is 7.49. The topological polar surface area (TPSA) is 57.4 Å². The summed E-state index contributed by atoms with van der Waals surface area (Å²) < 4.78 is 11.7. The molecule has 0 saturated heterocycles. The van der Waals surface area contributed by atoms with E-state index in [1.165, 1.54) is 0 Å². The smallest absolute Gasteiger partial charge is 0.231 e. The van der Waals surface area contributed by atoms with E-state index in [1.807, 2.05) is 26.0 Å². The Labute approximate surface area is 123 Å². The molecule has 0 saturated carbocycles. The number of hydrogen-bond donors (Lipinski definition) is 1. The lowest BCUT2D eigenvalue weighted by atomic mass is 10.2. The fourth-order valence-corrected chi connectivity index (χ4v) is 3.61. The van der Waals surface area contributed by atoms with Crippen LogP contribution >= 0.6 is 27.3 Å². The van der Waals surface area contributed by atoms with Gasteiger partial charge >= 0.3 is 0 Å². The van der Waals surface area contributed by atoms with Crippen molar-refractivity contribution >= 4 is 27.3 Å². The lowest BCUT2D eigenvalue weighted by Gasteiger charge is -2.02. The molecule has 1 aliphatic rings. The summed E-state index contributed by atoms with van der Waals surface area (Å²) in [6.07, 6.45) is 0. The number of nitrogens with two attached hydrogens (primary N) is 1. The Morgan fingerprint density at radius 3 is 2.89 bits per heavy atom. The van der Waals surface area contributed by atoms with Crippen LogP contribution in [0.15, 0.2) is 16.6 Å². The van der Waals surface area contributed by atoms with Gasteiger partial charge in [0.2, 0.25) is 6.79 Å². The maximum Gasteiger partial charge on any atom is 0.231 e. The molecule has 1 aromatic heterocycles. The van der Waals surface area contributed by atoms with E-state index < -0.39 is 0 Å². The minimum atomic E-state index is 0.00343. The number of nitrogens with zero attached hydrogens (tertiary/aromatic N) is 1. The van der Waals surface area contributed by atoms with Gasteiger partial charge in [0.1, 0.15) is 5.01 Å². The highest BCUT2D eigenvalue weighted by molar-refractivity contribution is 9.10. The molecule has 0 fully saturated rings. The standard InChI is InChI=1S/C13H13BrN2O2S/c1-6(15)12-7(2)16-13(19-12)8-3-9(14)11-10(4-8)17-5-18-11/h3-4,6H,5,15H2,1-2H3. The van der Waals surface area contributed by atoms with Gasteiger partial charge in [0, 0.05) is 16.5 Å². The third-order valence-corrected chi connectivity index (χ3v) is 4.92. The van der Waals surface area contributed by atoms with Crippen molar-refractivity contribution in [3.05, 3.63) is 27.2 Å². The summed E-state index contributed by atoms with van der Waals surface area (Å²) in [7, 11) is 0. The predicted octanol–water partition coefficient (Wildman–Crippen LogP) is 3.63. The Kier molecular flexibility index (Phi) is 3.24. The van der Waals surface area contributed by atoms with Crippen LogP contribution in [0.3, 0.4) is 0 Å². The third kappa shape index (κ3) is 2.24. The fraction of sp³-hybridized carbons (Fsp3) is 0.308. The largest absolute Gasteiger partial charge is 0.454 e. The van der Waals surface area contributed by atoms with Crippen molar-refractivity contribution in [2.45, 2.75) is 19.9 Å². The molecule has 0 radical (unpaired) electrons. The SMILES string of the molecule is Cc1nc(-c2cc(Br)c3c(c2)OCO3)sc1C(C)N. The number of hydrogen-bond acceptors (Lipinski definition) is 5. The molecule has 0 bridgehead atoms. The summed E-state index contributed by atoms with van der Waals surface area (Å²) in [6.45, 7) is 4.22. The summed E-state index contributed by atoms with van der Waals surface area (Å²) in [5, 5.41) is 0.948. The Morgan fingerprint density at radius 1 is 1.42 bits per heavy atom. The Hall–Kier alpha value is -1.11. The van der Waals surface area contributed by atoms with Crippen LogP contribution < -0.4 is 15.2 Å². The second-order valence-electron chi connectivity index (χ2n) is 4.45. The number of aryl methyl sites for hydroxylation is 1.